The van der Waals surface area contributed by atoms with E-state index in [1.54, 1.807) is 24.3 Å². The Morgan fingerprint density at radius 1 is 0.903 bits per heavy atom. The van der Waals surface area contributed by atoms with Gasteiger partial charge in [0.2, 0.25) is 5.91 Å². The second kappa shape index (κ2) is 11.8. The lowest BCUT2D eigenvalue weighted by atomic mass is 10.1. The van der Waals surface area contributed by atoms with Gasteiger partial charge >= 0.3 is 5.97 Å². The summed E-state index contributed by atoms with van der Waals surface area (Å²) in [6.07, 6.45) is 0.439. The number of benzene rings is 2. The molecule has 9 heteroatoms. The number of hydrogen-bond donors (Lipinski definition) is 3. The van der Waals surface area contributed by atoms with E-state index in [1.165, 1.54) is 0 Å². The van der Waals surface area contributed by atoms with Crippen molar-refractivity contribution in [1.29, 1.82) is 0 Å². The van der Waals surface area contributed by atoms with Crippen LogP contribution in [-0.4, -0.2) is 30.3 Å². The molecule has 0 bridgehead atoms. The number of halogens is 1. The third-order valence-electron chi connectivity index (χ3n) is 4.24. The predicted octanol–water partition coefficient (Wildman–Crippen LogP) is 3.18. The van der Waals surface area contributed by atoms with Gasteiger partial charge < -0.3 is 10.1 Å². The summed E-state index contributed by atoms with van der Waals surface area (Å²) in [6.45, 7) is 3.31. The molecule has 8 nitrogen and oxygen atoms in total. The van der Waals surface area contributed by atoms with Crippen LogP contribution in [0.4, 0.5) is 5.69 Å². The number of amides is 3. The van der Waals surface area contributed by atoms with E-state index >= 15 is 0 Å². The van der Waals surface area contributed by atoms with Gasteiger partial charge in [-0.2, -0.15) is 0 Å². The molecule has 0 aliphatic rings. The van der Waals surface area contributed by atoms with Crippen molar-refractivity contribution >= 4 is 45.3 Å². The number of rotatable bonds is 8. The van der Waals surface area contributed by atoms with Gasteiger partial charge in [0.25, 0.3) is 11.8 Å². The van der Waals surface area contributed by atoms with Gasteiger partial charge in [-0.15, -0.1) is 0 Å². The average Bonchev–Trinajstić information content (AvgIpc) is 2.73. The Kier molecular flexibility index (Phi) is 9.20. The first-order chi connectivity index (χ1) is 14.7. The molecule has 3 amide bonds. The highest BCUT2D eigenvalue weighted by Crippen LogP contribution is 2.17. The van der Waals surface area contributed by atoms with Gasteiger partial charge in [-0.1, -0.05) is 28.1 Å². The van der Waals surface area contributed by atoms with Crippen LogP contribution in [0, 0.1) is 13.8 Å². The van der Waals surface area contributed by atoms with Crippen molar-refractivity contribution in [1.82, 2.24) is 10.9 Å². The number of carbonyl (C=O) groups excluding carboxylic acids is 4. The first-order valence-corrected chi connectivity index (χ1v) is 10.4. The quantitative estimate of drug-likeness (QED) is 0.389. The largest absolute Gasteiger partial charge is 0.455 e. The summed E-state index contributed by atoms with van der Waals surface area (Å²) in [7, 11) is 0. The lowest BCUT2D eigenvalue weighted by molar-refractivity contribution is -0.148. The monoisotopic (exact) mass is 489 g/mol. The van der Waals surface area contributed by atoms with Gasteiger partial charge in [0.05, 0.1) is 0 Å². The van der Waals surface area contributed by atoms with Crippen LogP contribution in [0.15, 0.2) is 46.9 Å². The molecule has 0 aromatic heterocycles. The van der Waals surface area contributed by atoms with E-state index in [4.69, 9.17) is 4.74 Å². The number of hydrazine groups is 1. The van der Waals surface area contributed by atoms with Crippen LogP contribution in [0.2, 0.25) is 0 Å². The Bertz CT molecular complexity index is 960. The number of nitrogens with one attached hydrogen (secondary N) is 3. The Morgan fingerprint density at radius 2 is 1.61 bits per heavy atom. The van der Waals surface area contributed by atoms with Crippen LogP contribution in [0.5, 0.6) is 0 Å². The van der Waals surface area contributed by atoms with Crippen molar-refractivity contribution in [2.45, 2.75) is 33.1 Å². The fraction of sp³-hybridized carbons (Fsp3) is 0.273. The first kappa shape index (κ1) is 24.1. The maximum absolute atomic E-state index is 12.0. The molecule has 164 valence electrons. The number of aryl methyl sites for hydroxylation is 2. The van der Waals surface area contributed by atoms with E-state index < -0.39 is 24.4 Å². The standard InChI is InChI=1S/C22H24BrN3O5/c1-14-6-7-15(2)18(12-14)24-19(27)4-3-5-21(29)31-13-20(28)25-26-22(30)16-8-10-17(23)11-9-16/h6-12H,3-5,13H2,1-2H3,(H,24,27)(H,25,28)(H,26,30). The second-order valence-electron chi connectivity index (χ2n) is 6.89. The lowest BCUT2D eigenvalue weighted by Gasteiger charge is -2.10. The molecular formula is C22H24BrN3O5. The van der Waals surface area contributed by atoms with Crippen molar-refractivity contribution in [2.24, 2.45) is 0 Å². The Balaban J connectivity index is 1.62. The second-order valence-corrected chi connectivity index (χ2v) is 7.81. The normalized spacial score (nSPS) is 10.2. The van der Waals surface area contributed by atoms with Gasteiger partial charge in [-0.3, -0.25) is 30.0 Å². The van der Waals surface area contributed by atoms with E-state index in [2.05, 4.69) is 32.1 Å². The van der Waals surface area contributed by atoms with Gasteiger partial charge in [-0.25, -0.2) is 0 Å². The molecule has 0 unspecified atom stereocenters. The van der Waals surface area contributed by atoms with Crippen LogP contribution in [0.25, 0.3) is 0 Å². The van der Waals surface area contributed by atoms with Crippen molar-refractivity contribution < 1.29 is 23.9 Å². The smallest absolute Gasteiger partial charge is 0.306 e. The zero-order valence-corrected chi connectivity index (χ0v) is 18.9. The predicted molar refractivity (Wildman–Crippen MR) is 119 cm³/mol. The summed E-state index contributed by atoms with van der Waals surface area (Å²) in [5, 5.41) is 2.82. The van der Waals surface area contributed by atoms with Gasteiger partial charge in [-0.05, 0) is 61.7 Å². The van der Waals surface area contributed by atoms with Gasteiger partial charge in [0.15, 0.2) is 6.61 Å². The summed E-state index contributed by atoms with van der Waals surface area (Å²) in [5.41, 5.74) is 7.50. The van der Waals surface area contributed by atoms with E-state index in [0.29, 0.717) is 5.56 Å². The third kappa shape index (κ3) is 8.59. The highest BCUT2D eigenvalue weighted by Gasteiger charge is 2.11. The number of carbonyl (C=O) groups is 4. The molecule has 0 atom stereocenters. The van der Waals surface area contributed by atoms with E-state index in [9.17, 15) is 19.2 Å². The summed E-state index contributed by atoms with van der Waals surface area (Å²) >= 11 is 3.26. The maximum Gasteiger partial charge on any atom is 0.306 e. The van der Waals surface area contributed by atoms with Crippen molar-refractivity contribution in [3.8, 4) is 0 Å². The molecule has 0 fully saturated rings. The molecule has 2 rings (SSSR count). The molecule has 0 aliphatic carbocycles. The number of esters is 1. The third-order valence-corrected chi connectivity index (χ3v) is 4.77. The van der Waals surface area contributed by atoms with E-state index in [-0.39, 0.29) is 25.2 Å². The minimum absolute atomic E-state index is 0.00124. The van der Waals surface area contributed by atoms with Gasteiger partial charge in [0, 0.05) is 28.6 Å². The topological polar surface area (TPSA) is 114 Å². The zero-order valence-electron chi connectivity index (χ0n) is 17.3. The molecule has 0 radical (unpaired) electrons. The summed E-state index contributed by atoms with van der Waals surface area (Å²) in [5.74, 6) is -1.97. The molecule has 0 saturated heterocycles. The Morgan fingerprint density at radius 3 is 2.32 bits per heavy atom. The van der Waals surface area contributed by atoms with Crippen LogP contribution in [0.3, 0.4) is 0 Å². The van der Waals surface area contributed by atoms with E-state index in [0.717, 1.165) is 21.3 Å². The summed E-state index contributed by atoms with van der Waals surface area (Å²) < 4.78 is 5.67. The summed E-state index contributed by atoms with van der Waals surface area (Å²) in [4.78, 5) is 47.4. The van der Waals surface area contributed by atoms with E-state index in [1.807, 2.05) is 32.0 Å². The highest BCUT2D eigenvalue weighted by molar-refractivity contribution is 9.10. The average molecular weight is 490 g/mol. The zero-order chi connectivity index (χ0) is 22.8. The van der Waals surface area contributed by atoms with Crippen LogP contribution < -0.4 is 16.2 Å². The van der Waals surface area contributed by atoms with Crippen LogP contribution in [-0.2, 0) is 19.1 Å². The van der Waals surface area contributed by atoms with Crippen LogP contribution >= 0.6 is 15.9 Å². The molecular weight excluding hydrogens is 466 g/mol. The minimum Gasteiger partial charge on any atom is -0.455 e. The SMILES string of the molecule is Cc1ccc(C)c(NC(=O)CCCC(=O)OCC(=O)NNC(=O)c2ccc(Br)cc2)c1. The molecule has 0 saturated carbocycles. The van der Waals surface area contributed by atoms with Crippen LogP contribution in [0.1, 0.15) is 40.7 Å². The maximum atomic E-state index is 12.0. The number of ether oxygens (including phenoxy) is 1. The first-order valence-electron chi connectivity index (χ1n) is 9.62. The summed E-state index contributed by atoms with van der Waals surface area (Å²) in [6, 6.07) is 12.3. The Hall–Kier alpha value is -3.20. The molecule has 0 aliphatic heterocycles. The minimum atomic E-state index is -0.675. The number of hydrogen-bond acceptors (Lipinski definition) is 5. The van der Waals surface area contributed by atoms with Crippen molar-refractivity contribution in [3.63, 3.8) is 0 Å². The van der Waals surface area contributed by atoms with Gasteiger partial charge in [0.1, 0.15) is 0 Å². The molecule has 0 spiro atoms. The molecule has 31 heavy (non-hydrogen) atoms. The fourth-order valence-corrected chi connectivity index (χ4v) is 2.80. The highest BCUT2D eigenvalue weighted by atomic mass is 79.9. The molecule has 3 N–H and O–H groups in total. The van der Waals surface area contributed by atoms with Crippen molar-refractivity contribution in [3.05, 3.63) is 63.6 Å². The fourth-order valence-electron chi connectivity index (χ4n) is 2.53. The lowest BCUT2D eigenvalue weighted by Crippen LogP contribution is -2.43. The Labute approximate surface area is 188 Å². The molecule has 2 aromatic rings. The molecule has 0 heterocycles. The van der Waals surface area contributed by atoms with Crippen molar-refractivity contribution in [2.75, 3.05) is 11.9 Å². The number of anilines is 1. The molecule has 2 aromatic carbocycles.